The fourth-order valence-electron chi connectivity index (χ4n) is 1.84. The van der Waals surface area contributed by atoms with Gasteiger partial charge in [-0.3, -0.25) is 0 Å². The van der Waals surface area contributed by atoms with E-state index in [0.717, 1.165) is 19.3 Å². The fraction of sp³-hybridized carbons (Fsp3) is 0.550. The highest BCUT2D eigenvalue weighted by Crippen LogP contribution is 2.10. The van der Waals surface area contributed by atoms with Crippen LogP contribution in [-0.2, 0) is 4.79 Å². The predicted octanol–water partition coefficient (Wildman–Crippen LogP) is 6.22. The number of hydrogen-bond donors (Lipinski definition) is 1. The molecule has 0 fully saturated rings. The zero-order valence-corrected chi connectivity index (χ0v) is 13.4. The number of rotatable bonds is 14. The Kier molecular flexibility index (Phi) is 8.15. The van der Waals surface area contributed by atoms with Gasteiger partial charge in [0.1, 0.15) is 0 Å². The lowest BCUT2D eigenvalue weighted by Crippen LogP contribution is -1.84. The van der Waals surface area contributed by atoms with Crippen LogP contribution in [0.1, 0.15) is 82.1 Å². The van der Waals surface area contributed by atoms with Crippen LogP contribution >= 0.6 is 0 Å². The molecule has 0 aromatic rings. The maximum Gasteiger partial charge on any atom is 0.328 e. The third kappa shape index (κ3) is 18.4. The summed E-state index contributed by atoms with van der Waals surface area (Å²) in [5, 5.41) is 8.69. The second kappa shape index (κ2) is 17.5. The van der Waals surface area contributed by atoms with Gasteiger partial charge >= 0.3 is 5.97 Å². The van der Waals surface area contributed by atoms with Gasteiger partial charge in [-0.2, -0.15) is 0 Å². The van der Waals surface area contributed by atoms with Crippen LogP contribution in [0.5, 0.6) is 0 Å². The first-order valence-corrected chi connectivity index (χ1v) is 7.99. The predicted molar refractivity (Wildman–Crippen MR) is 96.0 cm³/mol. The van der Waals surface area contributed by atoms with Gasteiger partial charge in [-0.15, -0.1) is 0 Å². The molecule has 0 bridgehead atoms. The van der Waals surface area contributed by atoms with Crippen LogP contribution < -0.4 is 0 Å². The van der Waals surface area contributed by atoms with Crippen molar-refractivity contribution in [3.05, 3.63) is 48.4 Å². The minimum atomic E-state index is -1.74. The van der Waals surface area contributed by atoms with Crippen molar-refractivity contribution in [3.8, 4) is 0 Å². The smallest absolute Gasteiger partial charge is 0.328 e. The van der Waals surface area contributed by atoms with Gasteiger partial charge in [-0.05, 0) is 12.8 Å². The topological polar surface area (TPSA) is 37.3 Å². The summed E-state index contributed by atoms with van der Waals surface area (Å²) in [7, 11) is 0. The molecule has 0 rings (SSSR count). The van der Waals surface area contributed by atoms with Crippen molar-refractivity contribution in [1.82, 2.24) is 0 Å². The maximum absolute atomic E-state index is 10.7. The molecule has 0 aromatic carbocycles. The molecule has 2 nitrogen and oxygen atoms in total. The summed E-state index contributed by atoms with van der Waals surface area (Å²) >= 11 is 0. The van der Waals surface area contributed by atoms with Gasteiger partial charge in [0.05, 0.1) is 11.0 Å². The molecule has 0 saturated carbocycles. The average molecular weight is 313 g/mol. The molecule has 0 aliphatic heterocycles. The van der Waals surface area contributed by atoms with E-state index in [1.54, 1.807) is 0 Å². The van der Waals surface area contributed by atoms with E-state index in [1.807, 2.05) is 0 Å². The monoisotopic (exact) mass is 312 g/mol. The van der Waals surface area contributed by atoms with Crippen molar-refractivity contribution < 1.29 is 20.9 Å². The lowest BCUT2D eigenvalue weighted by atomic mass is 10.1. The normalized spacial score (nSPS) is 21.1. The van der Waals surface area contributed by atoms with Gasteiger partial charge in [-0.1, -0.05) is 101 Å². The van der Waals surface area contributed by atoms with Crippen LogP contribution in [0.4, 0.5) is 0 Å². The number of carbonyl (C=O) groups is 1. The maximum atomic E-state index is 10.7. The Balaban J connectivity index is 4.96. The number of hydrogen-bond acceptors (Lipinski definition) is 1. The summed E-state index contributed by atoms with van der Waals surface area (Å²) in [4.78, 5) is 10.7. The van der Waals surface area contributed by atoms with Crippen LogP contribution in [0.25, 0.3) is 0 Å². The average Bonchev–Trinajstić information content (AvgIpc) is 2.73. The Hall–Kier alpha value is -1.57. The lowest BCUT2D eigenvalue weighted by molar-refractivity contribution is -0.131. The van der Waals surface area contributed by atoms with Crippen LogP contribution in [0.15, 0.2) is 48.4 Å². The zero-order valence-electron chi connectivity index (χ0n) is 21.4. The van der Waals surface area contributed by atoms with E-state index in [0.29, 0.717) is 6.42 Å². The molecule has 0 radical (unpaired) electrons. The van der Waals surface area contributed by atoms with E-state index >= 15 is 0 Å². The molecule has 0 amide bonds. The number of carboxylic acid groups (broad SMARTS) is 1. The molecule has 0 aromatic heterocycles. The quantitative estimate of drug-likeness (QED) is 0.235. The van der Waals surface area contributed by atoms with Gasteiger partial charge in [-0.25, -0.2) is 4.79 Å². The molecule has 1 N–H and O–H groups in total. The molecule has 0 heterocycles. The lowest BCUT2D eigenvalue weighted by Gasteiger charge is -2.00. The van der Waals surface area contributed by atoms with E-state index in [1.165, 1.54) is 32.1 Å². The third-order valence-corrected chi connectivity index (χ3v) is 2.98. The van der Waals surface area contributed by atoms with Crippen LogP contribution in [0.3, 0.4) is 0 Å². The summed E-state index contributed by atoms with van der Waals surface area (Å²) in [6.07, 6.45) is 10.2. The second-order valence-electron chi connectivity index (χ2n) is 4.94. The zero-order chi connectivity index (χ0) is 23.3. The SMILES string of the molecule is [2H]C(CCCCCCCCCCC)=C([2H])C([2H])=C([2H])C([2H])=C([2H])C([2H])=C([2H])C(=O)O. The van der Waals surface area contributed by atoms with Crippen molar-refractivity contribution in [3.63, 3.8) is 0 Å². The molecule has 2 heteroatoms. The first-order chi connectivity index (χ1) is 14.1. The van der Waals surface area contributed by atoms with E-state index in [-0.39, 0.29) is 12.5 Å². The van der Waals surface area contributed by atoms with E-state index < -0.39 is 48.3 Å². The molecule has 22 heavy (non-hydrogen) atoms. The second-order valence-corrected chi connectivity index (χ2v) is 4.94. The first-order valence-electron chi connectivity index (χ1n) is 12.0. The van der Waals surface area contributed by atoms with Crippen molar-refractivity contribution in [2.45, 2.75) is 71.1 Å². The molecule has 0 aliphatic carbocycles. The molecular formula is C20H32O2. The number of aliphatic carboxylic acids is 1. The van der Waals surface area contributed by atoms with Crippen molar-refractivity contribution >= 4 is 5.97 Å². The molecule has 0 atom stereocenters. The Morgan fingerprint density at radius 2 is 1.32 bits per heavy atom. The van der Waals surface area contributed by atoms with Crippen LogP contribution in [0, 0.1) is 0 Å². The molecule has 0 saturated heterocycles. The summed E-state index contributed by atoms with van der Waals surface area (Å²) in [6.45, 7) is 2.18. The van der Waals surface area contributed by atoms with Crippen molar-refractivity contribution in [2.24, 2.45) is 0 Å². The summed E-state index contributed by atoms with van der Waals surface area (Å²) < 4.78 is 61.4. The number of carboxylic acids is 1. The van der Waals surface area contributed by atoms with Gasteiger partial charge in [0.25, 0.3) is 0 Å². The highest BCUT2D eigenvalue weighted by Gasteiger charge is 1.90. The van der Waals surface area contributed by atoms with E-state index in [2.05, 4.69) is 6.92 Å². The summed E-state index contributed by atoms with van der Waals surface area (Å²) in [5.74, 6) is -1.74. The molecule has 0 unspecified atom stereocenters. The van der Waals surface area contributed by atoms with Gasteiger partial charge in [0, 0.05) is 6.05 Å². The first kappa shape index (κ1) is 10.3. The Morgan fingerprint density at radius 3 is 1.91 bits per heavy atom. The van der Waals surface area contributed by atoms with Gasteiger partial charge in [0.2, 0.25) is 0 Å². The number of allylic oxidation sites excluding steroid dienone is 7. The third-order valence-electron chi connectivity index (χ3n) is 2.98. The fourth-order valence-corrected chi connectivity index (χ4v) is 1.84. The van der Waals surface area contributed by atoms with Crippen LogP contribution in [-0.4, -0.2) is 11.1 Å². The molecule has 124 valence electrons. The summed E-state index contributed by atoms with van der Waals surface area (Å²) in [5.41, 5.74) is 0. The highest BCUT2D eigenvalue weighted by molar-refractivity contribution is 5.80. The highest BCUT2D eigenvalue weighted by atomic mass is 16.4. The minimum absolute atomic E-state index is 0.139. The molecule has 0 aliphatic rings. The largest absolute Gasteiger partial charge is 0.478 e. The minimum Gasteiger partial charge on any atom is -0.478 e. The van der Waals surface area contributed by atoms with Crippen molar-refractivity contribution in [2.75, 3.05) is 0 Å². The standard InChI is InChI=1S/C20H32O2/c1-2-3-4-5-6-7-8-9-10-11-12-13-14-15-16-17-18-19-20(21)22/h12-19H,2-11H2,1H3,(H,21,22)/i12D,13D,14D,15D,16D,17D,18D,19D. The summed E-state index contributed by atoms with van der Waals surface area (Å²) in [6, 6.07) is -6.44. The van der Waals surface area contributed by atoms with Gasteiger partial charge < -0.3 is 5.11 Å². The van der Waals surface area contributed by atoms with E-state index in [9.17, 15) is 4.79 Å². The van der Waals surface area contributed by atoms with Gasteiger partial charge in [0.15, 0.2) is 0 Å². The van der Waals surface area contributed by atoms with Crippen molar-refractivity contribution in [1.29, 1.82) is 0 Å². The Morgan fingerprint density at radius 1 is 0.818 bits per heavy atom. The Labute approximate surface area is 147 Å². The molecular weight excluding hydrogens is 272 g/mol. The Bertz CT molecular complexity index is 708. The van der Waals surface area contributed by atoms with E-state index in [4.69, 9.17) is 16.1 Å². The van der Waals surface area contributed by atoms with Crippen LogP contribution in [0.2, 0.25) is 0 Å². The number of unbranched alkanes of at least 4 members (excludes halogenated alkanes) is 8. The molecule has 0 spiro atoms.